The summed E-state index contributed by atoms with van der Waals surface area (Å²) in [7, 11) is 0. The third-order valence-electron chi connectivity index (χ3n) is 3.06. The first-order valence-electron chi connectivity index (χ1n) is 7.01. The highest BCUT2D eigenvalue weighted by Crippen LogP contribution is 2.29. The van der Waals surface area contributed by atoms with Crippen LogP contribution in [0.2, 0.25) is 0 Å². The minimum Gasteiger partial charge on any atom is -0.481 e. The second kappa shape index (κ2) is 7.22. The summed E-state index contributed by atoms with van der Waals surface area (Å²) < 4.78 is 5.51. The molecule has 0 aliphatic rings. The second-order valence-electron chi connectivity index (χ2n) is 4.95. The minimum absolute atomic E-state index is 0.122. The number of amides is 1. The Morgan fingerprint density at radius 1 is 1.32 bits per heavy atom. The lowest BCUT2D eigenvalue weighted by Gasteiger charge is -2.02. The normalized spacial score (nSPS) is 10.6. The SMILES string of the molecule is Cc1ccc(-c2nc(C)c(C(=O)NCCCCC(=O)O)s2)o1. The lowest BCUT2D eigenvalue weighted by Crippen LogP contribution is -2.24. The maximum atomic E-state index is 12.1. The molecule has 2 N–H and O–H groups in total. The van der Waals surface area contributed by atoms with E-state index in [-0.39, 0.29) is 12.3 Å². The van der Waals surface area contributed by atoms with E-state index in [9.17, 15) is 9.59 Å². The van der Waals surface area contributed by atoms with Gasteiger partial charge in [-0.2, -0.15) is 0 Å². The number of nitrogens with zero attached hydrogens (tertiary/aromatic N) is 1. The Morgan fingerprint density at radius 2 is 2.09 bits per heavy atom. The van der Waals surface area contributed by atoms with E-state index in [0.29, 0.717) is 40.7 Å². The highest BCUT2D eigenvalue weighted by Gasteiger charge is 2.17. The molecular formula is C15H18N2O4S. The zero-order chi connectivity index (χ0) is 16.1. The van der Waals surface area contributed by atoms with E-state index in [2.05, 4.69) is 10.3 Å². The first-order valence-corrected chi connectivity index (χ1v) is 7.83. The van der Waals surface area contributed by atoms with Gasteiger partial charge in [0.15, 0.2) is 10.8 Å². The molecule has 0 saturated heterocycles. The zero-order valence-electron chi connectivity index (χ0n) is 12.5. The van der Waals surface area contributed by atoms with E-state index in [0.717, 1.165) is 5.76 Å². The molecule has 0 atom stereocenters. The average molecular weight is 322 g/mol. The number of aromatic nitrogens is 1. The molecule has 0 fully saturated rings. The first kappa shape index (κ1) is 16.2. The van der Waals surface area contributed by atoms with Crippen LogP contribution < -0.4 is 5.32 Å². The van der Waals surface area contributed by atoms with Crippen LogP contribution in [0.4, 0.5) is 0 Å². The van der Waals surface area contributed by atoms with Gasteiger partial charge in [0.1, 0.15) is 10.6 Å². The summed E-state index contributed by atoms with van der Waals surface area (Å²) in [6, 6.07) is 3.69. The number of furan rings is 1. The van der Waals surface area contributed by atoms with Crippen LogP contribution in [0.1, 0.15) is 40.4 Å². The number of hydrogen-bond acceptors (Lipinski definition) is 5. The van der Waals surface area contributed by atoms with Crippen LogP contribution in [-0.4, -0.2) is 28.5 Å². The smallest absolute Gasteiger partial charge is 0.303 e. The Labute approximate surface area is 132 Å². The van der Waals surface area contributed by atoms with Crippen LogP contribution in [0.15, 0.2) is 16.5 Å². The van der Waals surface area contributed by atoms with Gasteiger partial charge in [-0.1, -0.05) is 0 Å². The van der Waals surface area contributed by atoms with Gasteiger partial charge < -0.3 is 14.8 Å². The predicted octanol–water partition coefficient (Wildman–Crippen LogP) is 3.00. The molecule has 6 nitrogen and oxygen atoms in total. The van der Waals surface area contributed by atoms with Crippen molar-refractivity contribution in [3.8, 4) is 10.8 Å². The summed E-state index contributed by atoms with van der Waals surface area (Å²) >= 11 is 1.29. The Morgan fingerprint density at radius 3 is 2.73 bits per heavy atom. The third kappa shape index (κ3) is 4.17. The number of carboxylic acids is 1. The summed E-state index contributed by atoms with van der Waals surface area (Å²) in [6.07, 6.45) is 1.31. The number of unbranched alkanes of at least 4 members (excludes halogenated alkanes) is 1. The van der Waals surface area contributed by atoms with Gasteiger partial charge in [0.05, 0.1) is 5.69 Å². The second-order valence-corrected chi connectivity index (χ2v) is 5.95. The van der Waals surface area contributed by atoms with Gasteiger partial charge in [0.25, 0.3) is 5.91 Å². The lowest BCUT2D eigenvalue weighted by molar-refractivity contribution is -0.137. The van der Waals surface area contributed by atoms with Crippen molar-refractivity contribution >= 4 is 23.2 Å². The number of aliphatic carboxylic acids is 1. The molecule has 0 radical (unpaired) electrons. The van der Waals surface area contributed by atoms with Crippen molar-refractivity contribution in [3.05, 3.63) is 28.5 Å². The molecule has 1 amide bonds. The number of carboxylic acid groups (broad SMARTS) is 1. The largest absolute Gasteiger partial charge is 0.481 e. The summed E-state index contributed by atoms with van der Waals surface area (Å²) in [5, 5.41) is 12.0. The van der Waals surface area contributed by atoms with Gasteiger partial charge in [0.2, 0.25) is 0 Å². The zero-order valence-corrected chi connectivity index (χ0v) is 13.3. The van der Waals surface area contributed by atoms with E-state index in [1.807, 2.05) is 19.1 Å². The summed E-state index contributed by atoms with van der Waals surface area (Å²) in [5.74, 6) is 0.459. The Hall–Kier alpha value is -2.15. The maximum absolute atomic E-state index is 12.1. The number of rotatable bonds is 7. The highest BCUT2D eigenvalue weighted by atomic mass is 32.1. The number of hydrogen-bond donors (Lipinski definition) is 2. The first-order chi connectivity index (χ1) is 10.5. The molecule has 0 aliphatic carbocycles. The van der Waals surface area contributed by atoms with Crippen LogP contribution >= 0.6 is 11.3 Å². The molecule has 0 unspecified atom stereocenters. The summed E-state index contributed by atoms with van der Waals surface area (Å²) in [4.78, 5) is 27.5. The number of carbonyl (C=O) groups excluding carboxylic acids is 1. The molecule has 2 aromatic rings. The number of carbonyl (C=O) groups is 2. The van der Waals surface area contributed by atoms with Crippen LogP contribution in [0.5, 0.6) is 0 Å². The molecule has 2 rings (SSSR count). The van der Waals surface area contributed by atoms with Crippen LogP contribution in [0, 0.1) is 13.8 Å². The highest BCUT2D eigenvalue weighted by molar-refractivity contribution is 7.17. The van der Waals surface area contributed by atoms with Crippen molar-refractivity contribution in [1.29, 1.82) is 0 Å². The van der Waals surface area contributed by atoms with E-state index >= 15 is 0 Å². The molecule has 22 heavy (non-hydrogen) atoms. The molecule has 118 valence electrons. The molecule has 7 heteroatoms. The van der Waals surface area contributed by atoms with Gasteiger partial charge in [-0.25, -0.2) is 4.98 Å². The quantitative estimate of drug-likeness (QED) is 0.764. The fourth-order valence-electron chi connectivity index (χ4n) is 1.95. The Kier molecular flexibility index (Phi) is 5.32. The molecule has 2 aromatic heterocycles. The Balaban J connectivity index is 1.93. The third-order valence-corrected chi connectivity index (χ3v) is 4.23. The van der Waals surface area contributed by atoms with Crippen LogP contribution in [0.3, 0.4) is 0 Å². The molecule has 0 aromatic carbocycles. The van der Waals surface area contributed by atoms with Gasteiger partial charge >= 0.3 is 5.97 Å². The van der Waals surface area contributed by atoms with Crippen LogP contribution in [0.25, 0.3) is 10.8 Å². The molecule has 0 bridgehead atoms. The molecule has 0 spiro atoms. The van der Waals surface area contributed by atoms with Gasteiger partial charge in [-0.05, 0) is 38.8 Å². The Bertz CT molecular complexity index is 675. The number of nitrogens with one attached hydrogen (secondary N) is 1. The summed E-state index contributed by atoms with van der Waals surface area (Å²) in [5.41, 5.74) is 0.664. The average Bonchev–Trinajstić information content (AvgIpc) is 3.04. The van der Waals surface area contributed by atoms with E-state index < -0.39 is 5.97 Å². The lowest BCUT2D eigenvalue weighted by atomic mass is 10.2. The fraction of sp³-hybridized carbons (Fsp3) is 0.400. The predicted molar refractivity (Wildman–Crippen MR) is 83.1 cm³/mol. The van der Waals surface area contributed by atoms with Gasteiger partial charge in [-0.15, -0.1) is 11.3 Å². The van der Waals surface area contributed by atoms with Gasteiger partial charge in [-0.3, -0.25) is 9.59 Å². The van der Waals surface area contributed by atoms with E-state index in [4.69, 9.17) is 9.52 Å². The van der Waals surface area contributed by atoms with Crippen LogP contribution in [-0.2, 0) is 4.79 Å². The van der Waals surface area contributed by atoms with Gasteiger partial charge in [0, 0.05) is 13.0 Å². The number of aryl methyl sites for hydroxylation is 2. The minimum atomic E-state index is -0.817. The van der Waals surface area contributed by atoms with Crippen molar-refractivity contribution in [2.24, 2.45) is 0 Å². The van der Waals surface area contributed by atoms with Crippen molar-refractivity contribution in [2.75, 3.05) is 6.54 Å². The number of thiazole rings is 1. The topological polar surface area (TPSA) is 92.4 Å². The maximum Gasteiger partial charge on any atom is 0.303 e. The van der Waals surface area contributed by atoms with Crippen molar-refractivity contribution in [2.45, 2.75) is 33.1 Å². The molecule has 0 saturated carbocycles. The monoisotopic (exact) mass is 322 g/mol. The summed E-state index contributed by atoms with van der Waals surface area (Å²) in [6.45, 7) is 4.10. The van der Waals surface area contributed by atoms with E-state index in [1.165, 1.54) is 11.3 Å². The van der Waals surface area contributed by atoms with Crippen molar-refractivity contribution < 1.29 is 19.1 Å². The standard InChI is InChI=1S/C15H18N2O4S/c1-9-6-7-11(21-9)15-17-10(2)13(22-15)14(20)16-8-4-3-5-12(18)19/h6-7H,3-5,8H2,1-2H3,(H,16,20)(H,18,19). The molecule has 2 heterocycles. The fourth-order valence-corrected chi connectivity index (χ4v) is 2.89. The van der Waals surface area contributed by atoms with Crippen molar-refractivity contribution in [3.63, 3.8) is 0 Å². The molecule has 0 aliphatic heterocycles. The van der Waals surface area contributed by atoms with Crippen molar-refractivity contribution in [1.82, 2.24) is 10.3 Å². The molecular weight excluding hydrogens is 304 g/mol. The van der Waals surface area contributed by atoms with E-state index in [1.54, 1.807) is 6.92 Å².